The maximum atomic E-state index is 11.2. The summed E-state index contributed by atoms with van der Waals surface area (Å²) in [7, 11) is 6.04. The Bertz CT molecular complexity index is 775. The molecule has 0 aliphatic rings. The Morgan fingerprint density at radius 3 is 2.00 bits per heavy atom. The van der Waals surface area contributed by atoms with E-state index >= 15 is 0 Å². The van der Waals surface area contributed by atoms with Crippen LogP contribution in [-0.2, 0) is 0 Å². The number of nitrogens with zero attached hydrogens (tertiary/aromatic N) is 1. The van der Waals surface area contributed by atoms with Crippen LogP contribution in [0.15, 0.2) is 30.3 Å². The molecule has 0 spiro atoms. The van der Waals surface area contributed by atoms with Crippen LogP contribution in [0.1, 0.15) is 11.1 Å². The van der Waals surface area contributed by atoms with Crippen LogP contribution in [0.5, 0.6) is 23.0 Å². The van der Waals surface area contributed by atoms with E-state index in [1.54, 1.807) is 36.4 Å². The molecular formula is C18H19NO6. The molecule has 2 rings (SSSR count). The van der Waals surface area contributed by atoms with Gasteiger partial charge in [-0.3, -0.25) is 10.1 Å². The molecule has 0 aromatic heterocycles. The van der Waals surface area contributed by atoms with Crippen molar-refractivity contribution < 1.29 is 23.9 Å². The van der Waals surface area contributed by atoms with Gasteiger partial charge in [0.1, 0.15) is 5.75 Å². The Morgan fingerprint density at radius 1 is 0.880 bits per heavy atom. The second-order valence-electron chi connectivity index (χ2n) is 4.97. The molecule has 0 bridgehead atoms. The maximum Gasteiger partial charge on any atom is 0.280 e. The average Bonchev–Trinajstić information content (AvgIpc) is 2.64. The Labute approximate surface area is 145 Å². The van der Waals surface area contributed by atoms with Crippen LogP contribution in [0.4, 0.5) is 5.69 Å². The van der Waals surface area contributed by atoms with E-state index in [0.717, 1.165) is 5.56 Å². The molecule has 2 aromatic carbocycles. The first kappa shape index (κ1) is 18.1. The van der Waals surface area contributed by atoms with Crippen molar-refractivity contribution in [2.24, 2.45) is 0 Å². The van der Waals surface area contributed by atoms with Gasteiger partial charge in [-0.05, 0) is 35.9 Å². The Balaban J connectivity index is 2.44. The molecular weight excluding hydrogens is 326 g/mol. The van der Waals surface area contributed by atoms with E-state index in [2.05, 4.69) is 0 Å². The van der Waals surface area contributed by atoms with E-state index in [-0.39, 0.29) is 5.69 Å². The maximum absolute atomic E-state index is 11.2. The molecule has 0 N–H and O–H groups in total. The van der Waals surface area contributed by atoms with E-state index < -0.39 is 4.92 Å². The summed E-state index contributed by atoms with van der Waals surface area (Å²) in [5.41, 5.74) is 1.17. The summed E-state index contributed by atoms with van der Waals surface area (Å²) in [4.78, 5) is 10.8. The third kappa shape index (κ3) is 4.00. The zero-order valence-corrected chi connectivity index (χ0v) is 14.4. The highest BCUT2D eigenvalue weighted by atomic mass is 16.6. The van der Waals surface area contributed by atoms with E-state index in [9.17, 15) is 10.1 Å². The number of hydrogen-bond acceptors (Lipinski definition) is 6. The van der Waals surface area contributed by atoms with Gasteiger partial charge < -0.3 is 18.9 Å². The van der Waals surface area contributed by atoms with Crippen molar-refractivity contribution >= 4 is 17.8 Å². The number of hydrogen-bond donors (Lipinski definition) is 0. The van der Waals surface area contributed by atoms with Crippen LogP contribution in [0, 0.1) is 10.1 Å². The molecule has 7 nitrogen and oxygen atoms in total. The molecule has 7 heteroatoms. The number of nitro groups is 1. The van der Waals surface area contributed by atoms with E-state index in [4.69, 9.17) is 18.9 Å². The summed E-state index contributed by atoms with van der Waals surface area (Å²) in [6.45, 7) is 0. The predicted octanol–water partition coefficient (Wildman–Crippen LogP) is 3.80. The topological polar surface area (TPSA) is 80.1 Å². The van der Waals surface area contributed by atoms with Crippen molar-refractivity contribution in [3.63, 3.8) is 0 Å². The van der Waals surface area contributed by atoms with Crippen LogP contribution in [0.3, 0.4) is 0 Å². The molecule has 0 saturated heterocycles. The van der Waals surface area contributed by atoms with Gasteiger partial charge in [-0.15, -0.1) is 0 Å². The lowest BCUT2D eigenvalue weighted by Gasteiger charge is -2.12. The van der Waals surface area contributed by atoms with Gasteiger partial charge in [-0.25, -0.2) is 0 Å². The highest BCUT2D eigenvalue weighted by molar-refractivity contribution is 5.76. The molecule has 0 saturated carbocycles. The van der Waals surface area contributed by atoms with Crippen LogP contribution < -0.4 is 18.9 Å². The Morgan fingerprint density at radius 2 is 1.52 bits per heavy atom. The largest absolute Gasteiger partial charge is 0.497 e. The molecule has 2 aromatic rings. The standard InChI is InChI=1S/C18H19NO6/c1-22-14-8-7-13(15(11-14)19(20)21)6-5-12-9-16(23-2)18(25-4)17(10-12)24-3/h5-11H,1-4H3. The zero-order chi connectivity index (χ0) is 18.4. The van der Waals surface area contributed by atoms with Crippen LogP contribution >= 0.6 is 0 Å². The molecule has 0 atom stereocenters. The molecule has 0 radical (unpaired) electrons. The van der Waals surface area contributed by atoms with Gasteiger partial charge in [0, 0.05) is 0 Å². The first-order chi connectivity index (χ1) is 12.0. The van der Waals surface area contributed by atoms with Crippen molar-refractivity contribution in [3.8, 4) is 23.0 Å². The molecule has 132 valence electrons. The number of methoxy groups -OCH3 is 4. The number of nitro benzene ring substituents is 1. The molecule has 0 heterocycles. The predicted molar refractivity (Wildman–Crippen MR) is 94.7 cm³/mol. The van der Waals surface area contributed by atoms with Crippen molar-refractivity contribution in [2.75, 3.05) is 28.4 Å². The lowest BCUT2D eigenvalue weighted by Crippen LogP contribution is -1.95. The number of ether oxygens (including phenoxy) is 4. The van der Waals surface area contributed by atoms with Gasteiger partial charge in [-0.1, -0.05) is 6.08 Å². The Kier molecular flexibility index (Phi) is 5.84. The lowest BCUT2D eigenvalue weighted by molar-refractivity contribution is -0.385. The lowest BCUT2D eigenvalue weighted by atomic mass is 10.1. The van der Waals surface area contributed by atoms with Crippen LogP contribution in [0.25, 0.3) is 12.2 Å². The zero-order valence-electron chi connectivity index (χ0n) is 14.4. The fourth-order valence-electron chi connectivity index (χ4n) is 2.33. The van der Waals surface area contributed by atoms with E-state index in [1.807, 2.05) is 0 Å². The summed E-state index contributed by atoms with van der Waals surface area (Å²) in [5.74, 6) is 1.92. The minimum Gasteiger partial charge on any atom is -0.497 e. The number of benzene rings is 2. The normalized spacial score (nSPS) is 10.6. The van der Waals surface area contributed by atoms with Gasteiger partial charge in [-0.2, -0.15) is 0 Å². The summed E-state index contributed by atoms with van der Waals surface area (Å²) >= 11 is 0. The van der Waals surface area contributed by atoms with Gasteiger partial charge in [0.15, 0.2) is 11.5 Å². The molecule has 0 fully saturated rings. The molecule has 0 amide bonds. The van der Waals surface area contributed by atoms with Gasteiger partial charge in [0.05, 0.1) is 45.0 Å². The molecule has 0 aliphatic heterocycles. The van der Waals surface area contributed by atoms with Crippen molar-refractivity contribution in [1.29, 1.82) is 0 Å². The summed E-state index contributed by atoms with van der Waals surface area (Å²) in [6.07, 6.45) is 3.39. The Hall–Kier alpha value is -3.22. The van der Waals surface area contributed by atoms with Gasteiger partial charge in [0.25, 0.3) is 5.69 Å². The van der Waals surface area contributed by atoms with Crippen molar-refractivity contribution in [2.45, 2.75) is 0 Å². The summed E-state index contributed by atoms with van der Waals surface area (Å²) in [5, 5.41) is 11.2. The fourth-order valence-corrected chi connectivity index (χ4v) is 2.33. The second kappa shape index (κ2) is 8.05. The molecule has 0 unspecified atom stereocenters. The third-order valence-corrected chi connectivity index (χ3v) is 3.58. The minimum atomic E-state index is -0.447. The van der Waals surface area contributed by atoms with Crippen molar-refractivity contribution in [1.82, 2.24) is 0 Å². The van der Waals surface area contributed by atoms with E-state index in [1.165, 1.54) is 34.5 Å². The number of rotatable bonds is 7. The summed E-state index contributed by atoms with van der Waals surface area (Å²) in [6, 6.07) is 8.20. The molecule has 0 aliphatic carbocycles. The second-order valence-corrected chi connectivity index (χ2v) is 4.97. The fraction of sp³-hybridized carbons (Fsp3) is 0.222. The minimum absolute atomic E-state index is 0.0389. The monoisotopic (exact) mass is 345 g/mol. The van der Waals surface area contributed by atoms with Gasteiger partial charge in [0.2, 0.25) is 5.75 Å². The van der Waals surface area contributed by atoms with Crippen molar-refractivity contribution in [3.05, 3.63) is 51.6 Å². The highest BCUT2D eigenvalue weighted by Gasteiger charge is 2.14. The van der Waals surface area contributed by atoms with Gasteiger partial charge >= 0.3 is 0 Å². The van der Waals surface area contributed by atoms with E-state index in [0.29, 0.717) is 28.6 Å². The molecule has 25 heavy (non-hydrogen) atoms. The quantitative estimate of drug-likeness (QED) is 0.431. The SMILES string of the molecule is COc1ccc(C=Cc2cc(OC)c(OC)c(OC)c2)c([N+](=O)[O-])c1. The average molecular weight is 345 g/mol. The van der Waals surface area contributed by atoms with Crippen LogP contribution in [-0.4, -0.2) is 33.4 Å². The highest BCUT2D eigenvalue weighted by Crippen LogP contribution is 2.38. The summed E-state index contributed by atoms with van der Waals surface area (Å²) < 4.78 is 20.9. The smallest absolute Gasteiger partial charge is 0.280 e. The third-order valence-electron chi connectivity index (χ3n) is 3.58. The van der Waals surface area contributed by atoms with Crippen LogP contribution in [0.2, 0.25) is 0 Å². The first-order valence-electron chi connectivity index (χ1n) is 7.34. The first-order valence-corrected chi connectivity index (χ1v) is 7.34.